The molecule has 0 atom stereocenters. The van der Waals surface area contributed by atoms with E-state index in [9.17, 15) is 0 Å². The van der Waals surface area contributed by atoms with E-state index in [1.807, 2.05) is 29.6 Å². The third kappa shape index (κ3) is 2.56. The minimum absolute atomic E-state index is 0.637. The van der Waals surface area contributed by atoms with E-state index in [2.05, 4.69) is 10.1 Å². The number of aryl methyl sites for hydroxylation is 1. The summed E-state index contributed by atoms with van der Waals surface area (Å²) < 4.78 is 1.86. The quantitative estimate of drug-likeness (QED) is 0.861. The SMILES string of the molecule is CCn1ncnc1CN(C)c1cc(Cl)ccc1N. The summed E-state index contributed by atoms with van der Waals surface area (Å²) in [5.41, 5.74) is 7.54. The van der Waals surface area contributed by atoms with Crippen molar-refractivity contribution in [3.8, 4) is 0 Å². The van der Waals surface area contributed by atoms with Crippen LogP contribution >= 0.6 is 11.6 Å². The summed E-state index contributed by atoms with van der Waals surface area (Å²) in [6, 6.07) is 5.44. The minimum atomic E-state index is 0.637. The number of nitrogens with two attached hydrogens (primary N) is 1. The normalized spacial score (nSPS) is 10.6. The highest BCUT2D eigenvalue weighted by Crippen LogP contribution is 2.26. The van der Waals surface area contributed by atoms with Crippen LogP contribution in [0.15, 0.2) is 24.5 Å². The molecule has 6 heteroatoms. The van der Waals surface area contributed by atoms with Crippen LogP contribution in [0, 0.1) is 0 Å². The molecular formula is C12H16ClN5. The first kappa shape index (κ1) is 12.7. The van der Waals surface area contributed by atoms with Crippen molar-refractivity contribution in [2.75, 3.05) is 17.7 Å². The molecule has 0 aliphatic heterocycles. The Hall–Kier alpha value is -1.75. The second-order valence-electron chi connectivity index (χ2n) is 4.05. The predicted molar refractivity (Wildman–Crippen MR) is 73.7 cm³/mol. The van der Waals surface area contributed by atoms with Gasteiger partial charge in [0.1, 0.15) is 12.2 Å². The van der Waals surface area contributed by atoms with E-state index in [1.165, 1.54) is 0 Å². The number of benzene rings is 1. The molecule has 0 unspecified atom stereocenters. The number of aromatic nitrogens is 3. The predicted octanol–water partition coefficient (Wildman–Crippen LogP) is 2.17. The lowest BCUT2D eigenvalue weighted by molar-refractivity contribution is 0.610. The molecule has 1 aromatic heterocycles. The van der Waals surface area contributed by atoms with Gasteiger partial charge >= 0.3 is 0 Å². The Labute approximate surface area is 111 Å². The van der Waals surface area contributed by atoms with E-state index in [-0.39, 0.29) is 0 Å². The average molecular weight is 266 g/mol. The maximum atomic E-state index is 5.99. The van der Waals surface area contributed by atoms with Crippen molar-refractivity contribution < 1.29 is 0 Å². The van der Waals surface area contributed by atoms with Gasteiger partial charge in [0.15, 0.2) is 0 Å². The van der Waals surface area contributed by atoms with Crippen molar-refractivity contribution in [1.29, 1.82) is 0 Å². The van der Waals surface area contributed by atoms with Crippen molar-refractivity contribution in [3.05, 3.63) is 35.4 Å². The molecule has 18 heavy (non-hydrogen) atoms. The lowest BCUT2D eigenvalue weighted by Crippen LogP contribution is -2.21. The smallest absolute Gasteiger partial charge is 0.146 e. The van der Waals surface area contributed by atoms with Crippen LogP contribution in [-0.4, -0.2) is 21.8 Å². The van der Waals surface area contributed by atoms with Gasteiger partial charge in [-0.2, -0.15) is 5.10 Å². The fraction of sp³-hybridized carbons (Fsp3) is 0.333. The van der Waals surface area contributed by atoms with Gasteiger partial charge in [-0.15, -0.1) is 0 Å². The summed E-state index contributed by atoms with van der Waals surface area (Å²) in [5.74, 6) is 0.902. The zero-order chi connectivity index (χ0) is 13.1. The van der Waals surface area contributed by atoms with E-state index in [0.29, 0.717) is 17.3 Å². The molecular weight excluding hydrogens is 250 g/mol. The topological polar surface area (TPSA) is 60.0 Å². The zero-order valence-corrected chi connectivity index (χ0v) is 11.2. The first-order valence-corrected chi connectivity index (χ1v) is 6.12. The number of nitrogen functional groups attached to an aromatic ring is 1. The standard InChI is InChI=1S/C12H16ClN5/c1-3-18-12(15-8-16-18)7-17(2)11-6-9(13)4-5-10(11)14/h4-6,8H,3,7,14H2,1-2H3. The molecule has 0 aliphatic carbocycles. The molecule has 0 spiro atoms. The van der Waals surface area contributed by atoms with Crippen molar-refractivity contribution in [2.45, 2.75) is 20.0 Å². The number of halogens is 1. The van der Waals surface area contributed by atoms with Gasteiger partial charge < -0.3 is 10.6 Å². The molecule has 96 valence electrons. The van der Waals surface area contributed by atoms with Gasteiger partial charge in [0.25, 0.3) is 0 Å². The molecule has 2 N–H and O–H groups in total. The molecule has 0 radical (unpaired) electrons. The van der Waals surface area contributed by atoms with E-state index in [0.717, 1.165) is 18.1 Å². The molecule has 2 rings (SSSR count). The maximum absolute atomic E-state index is 5.99. The molecule has 0 aliphatic rings. The van der Waals surface area contributed by atoms with Crippen molar-refractivity contribution in [3.63, 3.8) is 0 Å². The first-order chi connectivity index (χ1) is 8.61. The highest BCUT2D eigenvalue weighted by Gasteiger charge is 2.10. The van der Waals surface area contributed by atoms with E-state index < -0.39 is 0 Å². The molecule has 0 fully saturated rings. The number of nitrogens with zero attached hydrogens (tertiary/aromatic N) is 4. The summed E-state index contributed by atoms with van der Waals surface area (Å²) in [4.78, 5) is 6.25. The first-order valence-electron chi connectivity index (χ1n) is 5.74. The van der Waals surface area contributed by atoms with E-state index in [1.54, 1.807) is 18.5 Å². The van der Waals surface area contributed by atoms with Gasteiger partial charge in [-0.3, -0.25) is 0 Å². The number of rotatable bonds is 4. The minimum Gasteiger partial charge on any atom is -0.397 e. The van der Waals surface area contributed by atoms with Crippen LogP contribution in [0.5, 0.6) is 0 Å². The van der Waals surface area contributed by atoms with Crippen LogP contribution < -0.4 is 10.6 Å². The van der Waals surface area contributed by atoms with E-state index >= 15 is 0 Å². The van der Waals surface area contributed by atoms with Gasteiger partial charge in [-0.25, -0.2) is 9.67 Å². The van der Waals surface area contributed by atoms with Crippen molar-refractivity contribution in [1.82, 2.24) is 14.8 Å². The summed E-state index contributed by atoms with van der Waals surface area (Å²) >= 11 is 5.99. The van der Waals surface area contributed by atoms with Gasteiger partial charge in [-0.1, -0.05) is 11.6 Å². The second kappa shape index (κ2) is 5.27. The highest BCUT2D eigenvalue weighted by molar-refractivity contribution is 6.31. The lowest BCUT2D eigenvalue weighted by Gasteiger charge is -2.20. The van der Waals surface area contributed by atoms with Gasteiger partial charge in [0.05, 0.1) is 17.9 Å². The molecule has 0 saturated heterocycles. The maximum Gasteiger partial charge on any atom is 0.146 e. The van der Waals surface area contributed by atoms with Crippen molar-refractivity contribution in [2.24, 2.45) is 0 Å². The fourth-order valence-corrected chi connectivity index (χ4v) is 1.99. The Balaban J connectivity index is 2.21. The summed E-state index contributed by atoms with van der Waals surface area (Å²) in [7, 11) is 1.96. The number of hydrogen-bond acceptors (Lipinski definition) is 4. The molecule has 1 heterocycles. The Morgan fingerprint density at radius 1 is 1.44 bits per heavy atom. The van der Waals surface area contributed by atoms with Crippen molar-refractivity contribution >= 4 is 23.0 Å². The van der Waals surface area contributed by atoms with Gasteiger partial charge in [-0.05, 0) is 25.1 Å². The summed E-state index contributed by atoms with van der Waals surface area (Å²) in [6.07, 6.45) is 1.56. The molecule has 2 aromatic rings. The Bertz CT molecular complexity index is 537. The Kier molecular flexibility index (Phi) is 3.72. The lowest BCUT2D eigenvalue weighted by atomic mass is 10.2. The second-order valence-corrected chi connectivity index (χ2v) is 4.49. The third-order valence-corrected chi connectivity index (χ3v) is 3.01. The largest absolute Gasteiger partial charge is 0.397 e. The molecule has 1 aromatic carbocycles. The monoisotopic (exact) mass is 265 g/mol. The molecule has 5 nitrogen and oxygen atoms in total. The Morgan fingerprint density at radius 2 is 2.22 bits per heavy atom. The van der Waals surface area contributed by atoms with Crippen LogP contribution in [0.4, 0.5) is 11.4 Å². The Morgan fingerprint density at radius 3 is 2.94 bits per heavy atom. The van der Waals surface area contributed by atoms with Crippen LogP contribution in [-0.2, 0) is 13.1 Å². The van der Waals surface area contributed by atoms with Crippen LogP contribution in [0.2, 0.25) is 5.02 Å². The zero-order valence-electron chi connectivity index (χ0n) is 10.5. The molecule has 0 bridgehead atoms. The molecule has 0 saturated carbocycles. The summed E-state index contributed by atoms with van der Waals surface area (Å²) in [6.45, 7) is 3.47. The van der Waals surface area contributed by atoms with Gasteiger partial charge in [0.2, 0.25) is 0 Å². The molecule has 0 amide bonds. The van der Waals surface area contributed by atoms with Crippen LogP contribution in [0.3, 0.4) is 0 Å². The summed E-state index contributed by atoms with van der Waals surface area (Å²) in [5, 5.41) is 4.81. The fourth-order valence-electron chi connectivity index (χ4n) is 1.82. The number of hydrogen-bond donors (Lipinski definition) is 1. The van der Waals surface area contributed by atoms with Gasteiger partial charge in [0, 0.05) is 18.6 Å². The van der Waals surface area contributed by atoms with Crippen LogP contribution in [0.1, 0.15) is 12.7 Å². The van der Waals surface area contributed by atoms with Crippen LogP contribution in [0.25, 0.3) is 0 Å². The third-order valence-electron chi connectivity index (χ3n) is 2.78. The van der Waals surface area contributed by atoms with E-state index in [4.69, 9.17) is 17.3 Å². The highest BCUT2D eigenvalue weighted by atomic mass is 35.5. The number of anilines is 2. The average Bonchev–Trinajstić information content (AvgIpc) is 2.79.